The molecular formula is C17H19NO. The van der Waals surface area contributed by atoms with E-state index in [0.29, 0.717) is 6.61 Å². The lowest BCUT2D eigenvalue weighted by atomic mass is 10.1. The molecule has 1 atom stereocenters. The van der Waals surface area contributed by atoms with Gasteiger partial charge in [-0.25, -0.2) is 0 Å². The van der Waals surface area contributed by atoms with Crippen LogP contribution in [0.25, 0.3) is 0 Å². The average Bonchev–Trinajstić information content (AvgIpc) is 2.79. The Labute approximate surface area is 114 Å². The number of hydrogen-bond donors (Lipinski definition) is 1. The maximum atomic E-state index is 6.03. The van der Waals surface area contributed by atoms with E-state index in [1.165, 1.54) is 22.3 Å². The van der Waals surface area contributed by atoms with E-state index in [1.807, 2.05) is 6.07 Å². The van der Waals surface area contributed by atoms with Crippen molar-refractivity contribution in [3.63, 3.8) is 0 Å². The highest BCUT2D eigenvalue weighted by Gasteiger charge is 2.18. The van der Waals surface area contributed by atoms with E-state index in [-0.39, 0.29) is 6.04 Å². The number of rotatable bonds is 3. The predicted octanol–water partition coefficient (Wildman–Crippen LogP) is 3.52. The second-order valence-electron chi connectivity index (χ2n) is 5.28. The molecule has 1 aliphatic rings. The first kappa shape index (κ1) is 12.2. The zero-order chi connectivity index (χ0) is 13.2. The molecule has 3 rings (SSSR count). The smallest absolute Gasteiger partial charge is 0.120 e. The van der Waals surface area contributed by atoms with Crippen LogP contribution in [0.5, 0.6) is 5.75 Å². The minimum Gasteiger partial charge on any atom is -0.489 e. The van der Waals surface area contributed by atoms with E-state index in [0.717, 1.165) is 18.6 Å². The summed E-state index contributed by atoms with van der Waals surface area (Å²) in [7, 11) is 0. The van der Waals surface area contributed by atoms with Crippen molar-refractivity contribution in [3.05, 3.63) is 64.7 Å². The lowest BCUT2D eigenvalue weighted by Gasteiger charge is -2.09. The third-order valence-electron chi connectivity index (χ3n) is 3.76. The minimum absolute atomic E-state index is 0.209. The number of ether oxygens (including phenoxy) is 1. The highest BCUT2D eigenvalue weighted by molar-refractivity contribution is 5.40. The molecule has 0 amide bonds. The van der Waals surface area contributed by atoms with E-state index in [2.05, 4.69) is 43.3 Å². The van der Waals surface area contributed by atoms with Gasteiger partial charge in [-0.2, -0.15) is 0 Å². The molecule has 0 radical (unpaired) electrons. The normalized spacial score (nSPS) is 17.3. The zero-order valence-electron chi connectivity index (χ0n) is 11.2. The van der Waals surface area contributed by atoms with Crippen LogP contribution in [0.3, 0.4) is 0 Å². The maximum absolute atomic E-state index is 6.03. The molecule has 0 saturated carbocycles. The first-order valence-corrected chi connectivity index (χ1v) is 6.79. The molecule has 0 bridgehead atoms. The molecule has 2 aromatic carbocycles. The summed E-state index contributed by atoms with van der Waals surface area (Å²) in [5, 5.41) is 0. The van der Waals surface area contributed by atoms with Crippen LogP contribution in [0.4, 0.5) is 0 Å². The van der Waals surface area contributed by atoms with Gasteiger partial charge in [-0.15, -0.1) is 0 Å². The third-order valence-corrected chi connectivity index (χ3v) is 3.76. The molecular weight excluding hydrogens is 234 g/mol. The molecule has 2 heteroatoms. The highest BCUT2D eigenvalue weighted by Crippen LogP contribution is 2.32. The molecule has 2 nitrogen and oxygen atoms in total. The van der Waals surface area contributed by atoms with E-state index < -0.39 is 0 Å². The Morgan fingerprint density at radius 2 is 1.95 bits per heavy atom. The number of hydrogen-bond acceptors (Lipinski definition) is 2. The molecule has 0 unspecified atom stereocenters. The Bertz CT molecular complexity index is 574. The molecule has 98 valence electrons. The Balaban J connectivity index is 1.69. The number of fused-ring (bicyclic) bond motifs is 1. The molecule has 0 aromatic heterocycles. The maximum Gasteiger partial charge on any atom is 0.120 e. The molecule has 0 aliphatic heterocycles. The Morgan fingerprint density at radius 1 is 1.16 bits per heavy atom. The second-order valence-corrected chi connectivity index (χ2v) is 5.28. The summed E-state index contributed by atoms with van der Waals surface area (Å²) in [6.07, 6.45) is 2.12. The molecule has 2 aromatic rings. The van der Waals surface area contributed by atoms with Crippen molar-refractivity contribution in [3.8, 4) is 5.75 Å². The Kier molecular flexibility index (Phi) is 3.26. The number of benzene rings is 2. The molecule has 0 heterocycles. The van der Waals surface area contributed by atoms with Crippen molar-refractivity contribution in [1.82, 2.24) is 0 Å². The van der Waals surface area contributed by atoms with Gasteiger partial charge in [0.1, 0.15) is 12.4 Å². The van der Waals surface area contributed by atoms with Gasteiger partial charge >= 0.3 is 0 Å². The van der Waals surface area contributed by atoms with Gasteiger partial charge in [-0.05, 0) is 48.6 Å². The summed E-state index contributed by atoms with van der Waals surface area (Å²) in [6, 6.07) is 14.9. The minimum atomic E-state index is 0.209. The predicted molar refractivity (Wildman–Crippen MR) is 77.2 cm³/mol. The van der Waals surface area contributed by atoms with E-state index in [9.17, 15) is 0 Å². The molecule has 0 saturated heterocycles. The summed E-state index contributed by atoms with van der Waals surface area (Å²) < 4.78 is 5.85. The van der Waals surface area contributed by atoms with Gasteiger partial charge in [0.25, 0.3) is 0 Å². The molecule has 0 spiro atoms. The van der Waals surface area contributed by atoms with Crippen LogP contribution in [0.1, 0.15) is 34.7 Å². The summed E-state index contributed by atoms with van der Waals surface area (Å²) >= 11 is 0. The standard InChI is InChI=1S/C17H19NO/c1-12-2-4-13(5-3-12)11-19-15-7-8-16-14(10-15)6-9-17(16)18/h2-5,7-8,10,17H,6,9,11,18H2,1H3/t17-/m1/s1. The molecule has 0 fully saturated rings. The highest BCUT2D eigenvalue weighted by atomic mass is 16.5. The van der Waals surface area contributed by atoms with Crippen LogP contribution < -0.4 is 10.5 Å². The fourth-order valence-corrected chi connectivity index (χ4v) is 2.57. The van der Waals surface area contributed by atoms with E-state index in [1.54, 1.807) is 0 Å². The second kappa shape index (κ2) is 5.06. The largest absolute Gasteiger partial charge is 0.489 e. The van der Waals surface area contributed by atoms with Crippen molar-refractivity contribution < 1.29 is 4.74 Å². The lowest BCUT2D eigenvalue weighted by Crippen LogP contribution is -2.05. The van der Waals surface area contributed by atoms with Crippen molar-refractivity contribution in [1.29, 1.82) is 0 Å². The van der Waals surface area contributed by atoms with Gasteiger partial charge in [0.15, 0.2) is 0 Å². The van der Waals surface area contributed by atoms with Gasteiger partial charge in [0.2, 0.25) is 0 Å². The van der Waals surface area contributed by atoms with Crippen LogP contribution in [-0.4, -0.2) is 0 Å². The fourth-order valence-electron chi connectivity index (χ4n) is 2.57. The topological polar surface area (TPSA) is 35.2 Å². The molecule has 1 aliphatic carbocycles. The van der Waals surface area contributed by atoms with E-state index >= 15 is 0 Å². The average molecular weight is 253 g/mol. The fraction of sp³-hybridized carbons (Fsp3) is 0.294. The van der Waals surface area contributed by atoms with Crippen molar-refractivity contribution in [2.45, 2.75) is 32.4 Å². The monoisotopic (exact) mass is 253 g/mol. The van der Waals surface area contributed by atoms with Gasteiger partial charge in [-0.3, -0.25) is 0 Å². The first-order chi connectivity index (χ1) is 9.22. The van der Waals surface area contributed by atoms with Crippen molar-refractivity contribution >= 4 is 0 Å². The number of nitrogens with two attached hydrogens (primary N) is 1. The van der Waals surface area contributed by atoms with Gasteiger partial charge < -0.3 is 10.5 Å². The van der Waals surface area contributed by atoms with Gasteiger partial charge in [0.05, 0.1) is 0 Å². The summed E-state index contributed by atoms with van der Waals surface area (Å²) in [6.45, 7) is 2.71. The van der Waals surface area contributed by atoms with Crippen LogP contribution in [0.2, 0.25) is 0 Å². The van der Waals surface area contributed by atoms with Crippen LogP contribution >= 0.6 is 0 Å². The SMILES string of the molecule is Cc1ccc(COc2ccc3c(c2)CC[C@H]3N)cc1. The van der Waals surface area contributed by atoms with Gasteiger partial charge in [0, 0.05) is 6.04 Å². The van der Waals surface area contributed by atoms with Crippen molar-refractivity contribution in [2.24, 2.45) is 5.73 Å². The quantitative estimate of drug-likeness (QED) is 0.908. The third kappa shape index (κ3) is 2.64. The summed E-state index contributed by atoms with van der Waals surface area (Å²) in [5.41, 5.74) is 11.1. The van der Waals surface area contributed by atoms with E-state index in [4.69, 9.17) is 10.5 Å². The Morgan fingerprint density at radius 3 is 2.74 bits per heavy atom. The summed E-state index contributed by atoms with van der Waals surface area (Å²) in [5.74, 6) is 0.938. The molecule has 2 N–H and O–H groups in total. The lowest BCUT2D eigenvalue weighted by molar-refractivity contribution is 0.306. The van der Waals surface area contributed by atoms with Crippen molar-refractivity contribution in [2.75, 3.05) is 0 Å². The summed E-state index contributed by atoms with van der Waals surface area (Å²) in [4.78, 5) is 0. The van der Waals surface area contributed by atoms with Gasteiger partial charge in [-0.1, -0.05) is 35.9 Å². The van der Waals surface area contributed by atoms with Crippen LogP contribution in [0.15, 0.2) is 42.5 Å². The zero-order valence-corrected chi connectivity index (χ0v) is 11.2. The number of aryl methyl sites for hydroxylation is 2. The molecule has 19 heavy (non-hydrogen) atoms. The van der Waals surface area contributed by atoms with Crippen LogP contribution in [-0.2, 0) is 13.0 Å². The first-order valence-electron chi connectivity index (χ1n) is 6.79. The Hall–Kier alpha value is -1.80. The van der Waals surface area contributed by atoms with Crippen LogP contribution in [0, 0.1) is 6.92 Å².